The number of aliphatic hydroxyl groups excluding tert-OH is 1. The van der Waals surface area contributed by atoms with E-state index in [0.717, 1.165) is 23.1 Å². The van der Waals surface area contributed by atoms with Gasteiger partial charge in [0.25, 0.3) is 0 Å². The second-order valence-electron chi connectivity index (χ2n) is 12.1. The number of hydrogen-bond donors (Lipinski definition) is 1. The molecule has 3 aromatic carbocycles. The Labute approximate surface area is 310 Å². The van der Waals surface area contributed by atoms with Crippen LogP contribution in [0.2, 0.25) is 0 Å². The number of thioether (sulfide) groups is 1. The van der Waals surface area contributed by atoms with Crippen molar-refractivity contribution in [1.82, 2.24) is 0 Å². The number of ether oxygens (including phenoxy) is 8. The van der Waals surface area contributed by atoms with Gasteiger partial charge in [-0.1, -0.05) is 95.7 Å². The SMILES string of the molecule is COC(=O)[C@H]1O[C@@H](O[C@H]2[C@H](OC(C)=O)[C@@H](N=[N+]=[N-])[C@H](Sc3ccccc3)O[C@@H]2COC(C)=O)[C@H](OCc2ccccc2)[C@@H](OCc2ccccc2)[C@@H]1O. The van der Waals surface area contributed by atoms with Crippen molar-refractivity contribution in [2.45, 2.75) is 92.5 Å². The van der Waals surface area contributed by atoms with E-state index in [-0.39, 0.29) is 19.8 Å². The molecule has 2 heterocycles. The van der Waals surface area contributed by atoms with E-state index in [1.807, 2.05) is 91.0 Å². The molecular weight excluding hydrogens is 710 g/mol. The summed E-state index contributed by atoms with van der Waals surface area (Å²) in [7, 11) is 1.14. The van der Waals surface area contributed by atoms with Crippen LogP contribution in [0.15, 0.2) is 101 Å². The summed E-state index contributed by atoms with van der Waals surface area (Å²) in [5.41, 5.74) is 10.3. The third-order valence-corrected chi connectivity index (χ3v) is 9.53. The highest BCUT2D eigenvalue weighted by Crippen LogP contribution is 2.39. The lowest BCUT2D eigenvalue weighted by Crippen LogP contribution is -2.65. The van der Waals surface area contributed by atoms with Crippen LogP contribution in [0, 0.1) is 0 Å². The van der Waals surface area contributed by atoms with E-state index in [1.54, 1.807) is 0 Å². The lowest BCUT2D eigenvalue weighted by Gasteiger charge is -2.48. The Morgan fingerprint density at radius 2 is 1.40 bits per heavy atom. The van der Waals surface area contributed by atoms with Crippen LogP contribution in [-0.4, -0.2) is 97.2 Å². The molecule has 0 unspecified atom stereocenters. The molecule has 0 bridgehead atoms. The number of nitrogens with zero attached hydrogens (tertiary/aromatic N) is 3. The Kier molecular flexibility index (Phi) is 14.6. The second kappa shape index (κ2) is 19.5. The molecule has 1 N–H and O–H groups in total. The van der Waals surface area contributed by atoms with Gasteiger partial charge in [0.2, 0.25) is 0 Å². The summed E-state index contributed by atoms with van der Waals surface area (Å²) in [6, 6.07) is 26.3. The number of esters is 3. The van der Waals surface area contributed by atoms with Gasteiger partial charge < -0.3 is 43.0 Å². The number of carbonyl (C=O) groups excluding carboxylic acids is 3. The van der Waals surface area contributed by atoms with Crippen molar-refractivity contribution in [2.24, 2.45) is 5.11 Å². The van der Waals surface area contributed by atoms with Gasteiger partial charge in [-0.25, -0.2) is 4.79 Å². The quantitative estimate of drug-likeness (QED) is 0.0751. The van der Waals surface area contributed by atoms with Crippen LogP contribution in [0.4, 0.5) is 0 Å². The van der Waals surface area contributed by atoms with E-state index in [1.165, 1.54) is 25.6 Å². The van der Waals surface area contributed by atoms with Crippen LogP contribution in [0.25, 0.3) is 10.4 Å². The van der Waals surface area contributed by atoms with E-state index in [2.05, 4.69) is 10.0 Å². The van der Waals surface area contributed by atoms with Gasteiger partial charge in [0.1, 0.15) is 54.7 Å². The van der Waals surface area contributed by atoms with Crippen molar-refractivity contribution < 1.29 is 57.4 Å². The molecule has 282 valence electrons. The molecule has 3 aromatic rings. The molecule has 0 saturated carbocycles. The van der Waals surface area contributed by atoms with Crippen molar-refractivity contribution in [3.63, 3.8) is 0 Å². The Balaban J connectivity index is 1.55. The predicted molar refractivity (Wildman–Crippen MR) is 188 cm³/mol. The molecule has 2 fully saturated rings. The second-order valence-corrected chi connectivity index (χ2v) is 13.3. The van der Waals surface area contributed by atoms with E-state index >= 15 is 0 Å². The van der Waals surface area contributed by atoms with Gasteiger partial charge in [-0.2, -0.15) is 0 Å². The zero-order valence-electron chi connectivity index (χ0n) is 29.2. The first-order valence-electron chi connectivity index (χ1n) is 16.8. The summed E-state index contributed by atoms with van der Waals surface area (Å²) < 4.78 is 47.9. The van der Waals surface area contributed by atoms with Gasteiger partial charge in [0.05, 0.1) is 20.3 Å². The van der Waals surface area contributed by atoms with Crippen molar-refractivity contribution in [2.75, 3.05) is 13.7 Å². The monoisotopic (exact) mass is 751 g/mol. The van der Waals surface area contributed by atoms with E-state index < -0.39 is 78.4 Å². The molecule has 5 rings (SSSR count). The number of hydrogen-bond acceptors (Lipinski definition) is 14. The minimum absolute atomic E-state index is 0.0120. The van der Waals surface area contributed by atoms with Gasteiger partial charge in [-0.3, -0.25) is 9.59 Å². The average molecular weight is 752 g/mol. The number of carbonyl (C=O) groups is 3. The summed E-state index contributed by atoms with van der Waals surface area (Å²) >= 11 is 1.20. The predicted octanol–water partition coefficient (Wildman–Crippen LogP) is 4.49. The lowest BCUT2D eigenvalue weighted by atomic mass is 9.95. The van der Waals surface area contributed by atoms with Gasteiger partial charge in [0, 0.05) is 23.7 Å². The third-order valence-electron chi connectivity index (χ3n) is 8.36. The molecule has 2 aliphatic rings. The van der Waals surface area contributed by atoms with Gasteiger partial charge in [-0.15, -0.1) is 0 Å². The molecule has 0 spiro atoms. The van der Waals surface area contributed by atoms with Crippen molar-refractivity contribution in [3.8, 4) is 0 Å². The highest BCUT2D eigenvalue weighted by molar-refractivity contribution is 7.99. The fourth-order valence-corrected chi connectivity index (χ4v) is 7.06. The highest BCUT2D eigenvalue weighted by Gasteiger charge is 2.55. The Morgan fingerprint density at radius 3 is 1.94 bits per heavy atom. The van der Waals surface area contributed by atoms with Gasteiger partial charge >= 0.3 is 17.9 Å². The van der Waals surface area contributed by atoms with Crippen molar-refractivity contribution in [1.29, 1.82) is 0 Å². The normalized spacial score (nSPS) is 28.2. The molecule has 2 aliphatic heterocycles. The van der Waals surface area contributed by atoms with Crippen LogP contribution in [-0.2, 0) is 65.5 Å². The first kappa shape index (κ1) is 39.7. The van der Waals surface area contributed by atoms with E-state index in [0.29, 0.717) is 0 Å². The first-order chi connectivity index (χ1) is 25.7. The Morgan fingerprint density at radius 1 is 0.811 bits per heavy atom. The standard InChI is InChI=1S/C37H41N3O12S/c1-22(41)46-21-27-30(31(49-23(2)42)28(39-40-38)37(50-27)53-26-17-11-6-12-18-26)51-36-34(48-20-25-15-9-5-10-16-25)32(29(43)33(52-36)35(44)45-3)47-19-24-13-7-4-8-14-24/h4-18,27-34,36-37,43H,19-21H2,1-3H3/t27-,28-,29+,30-,31-,32+,33+,34-,36-,37+/m1/s1. The van der Waals surface area contributed by atoms with Gasteiger partial charge in [-0.05, 0) is 28.8 Å². The first-order valence-corrected chi connectivity index (χ1v) is 17.7. The number of methoxy groups -OCH3 is 1. The fourth-order valence-electron chi connectivity index (χ4n) is 5.93. The van der Waals surface area contributed by atoms with Crippen LogP contribution < -0.4 is 0 Å². The number of rotatable bonds is 15. The van der Waals surface area contributed by atoms with Crippen LogP contribution in [0.1, 0.15) is 25.0 Å². The maximum absolute atomic E-state index is 13.1. The fraction of sp³-hybridized carbons (Fsp3) is 0.432. The summed E-state index contributed by atoms with van der Waals surface area (Å²) in [6.45, 7) is 2.06. The molecular formula is C37H41N3O12S. The summed E-state index contributed by atoms with van der Waals surface area (Å²) in [4.78, 5) is 41.5. The minimum atomic E-state index is -1.61. The van der Waals surface area contributed by atoms with Crippen molar-refractivity contribution in [3.05, 3.63) is 113 Å². The zero-order valence-corrected chi connectivity index (χ0v) is 30.1. The van der Waals surface area contributed by atoms with Crippen molar-refractivity contribution >= 4 is 29.7 Å². The topological polar surface area (TPSA) is 194 Å². The zero-order chi connectivity index (χ0) is 37.7. The smallest absolute Gasteiger partial charge is 0.337 e. The Hall–Kier alpha value is -4.51. The molecule has 10 atom stereocenters. The highest BCUT2D eigenvalue weighted by atomic mass is 32.2. The number of azide groups is 1. The summed E-state index contributed by atoms with van der Waals surface area (Å²) in [5, 5.41) is 15.5. The molecule has 53 heavy (non-hydrogen) atoms. The van der Waals surface area contributed by atoms with E-state index in [4.69, 9.17) is 37.9 Å². The average Bonchev–Trinajstić information content (AvgIpc) is 3.16. The van der Waals surface area contributed by atoms with Crippen LogP contribution in [0.3, 0.4) is 0 Å². The molecule has 15 nitrogen and oxygen atoms in total. The largest absolute Gasteiger partial charge is 0.467 e. The molecule has 0 radical (unpaired) electrons. The third kappa shape index (κ3) is 10.8. The summed E-state index contributed by atoms with van der Waals surface area (Å²) in [5.74, 6) is -2.27. The van der Waals surface area contributed by atoms with Crippen LogP contribution >= 0.6 is 11.8 Å². The lowest BCUT2D eigenvalue weighted by molar-refractivity contribution is -0.340. The number of benzene rings is 3. The Bertz CT molecular complexity index is 1680. The molecule has 0 amide bonds. The molecule has 0 aromatic heterocycles. The molecule has 0 aliphatic carbocycles. The minimum Gasteiger partial charge on any atom is -0.467 e. The van der Waals surface area contributed by atoms with Gasteiger partial charge in [0.15, 0.2) is 12.4 Å². The maximum Gasteiger partial charge on any atom is 0.337 e. The van der Waals surface area contributed by atoms with E-state index in [9.17, 15) is 25.0 Å². The number of aliphatic hydroxyl groups is 1. The van der Waals surface area contributed by atoms with Crippen LogP contribution in [0.5, 0.6) is 0 Å². The maximum atomic E-state index is 13.1. The molecule has 16 heteroatoms. The molecule has 2 saturated heterocycles. The summed E-state index contributed by atoms with van der Waals surface area (Å²) in [6.07, 6.45) is -11.0.